The second-order valence-electron chi connectivity index (χ2n) is 5.44. The molecule has 0 aromatic carbocycles. The fourth-order valence-electron chi connectivity index (χ4n) is 2.33. The van der Waals surface area contributed by atoms with Crippen molar-refractivity contribution in [1.29, 1.82) is 0 Å². The summed E-state index contributed by atoms with van der Waals surface area (Å²) in [5.74, 6) is 0.498. The molecule has 2 aromatic rings. The predicted molar refractivity (Wildman–Crippen MR) is 94.8 cm³/mol. The number of hydrogen-bond acceptors (Lipinski definition) is 5. The average Bonchev–Trinajstić information content (AvgIpc) is 3.23. The van der Waals surface area contributed by atoms with Crippen molar-refractivity contribution < 1.29 is 14.0 Å². The third-order valence-corrected chi connectivity index (χ3v) is 4.19. The molecule has 0 saturated carbocycles. The van der Waals surface area contributed by atoms with Crippen LogP contribution in [-0.4, -0.2) is 34.8 Å². The van der Waals surface area contributed by atoms with Crippen molar-refractivity contribution in [2.75, 3.05) is 18.4 Å². The minimum absolute atomic E-state index is 0.0317. The van der Waals surface area contributed by atoms with Crippen LogP contribution in [0.15, 0.2) is 28.2 Å². The number of nitrogens with zero attached hydrogens (tertiary/aromatic N) is 2. The highest BCUT2D eigenvalue weighted by molar-refractivity contribution is 7.14. The molecule has 1 N–H and O–H groups in total. The van der Waals surface area contributed by atoms with E-state index in [1.165, 1.54) is 11.3 Å². The summed E-state index contributed by atoms with van der Waals surface area (Å²) < 4.78 is 5.27. The molecule has 0 aliphatic heterocycles. The number of furan rings is 1. The van der Waals surface area contributed by atoms with Gasteiger partial charge in [0.25, 0.3) is 0 Å². The molecule has 6 nitrogen and oxygen atoms in total. The maximum absolute atomic E-state index is 12.2. The Morgan fingerprint density at radius 3 is 2.62 bits per heavy atom. The Morgan fingerprint density at radius 1 is 1.25 bits per heavy atom. The van der Waals surface area contributed by atoms with Crippen LogP contribution in [0.4, 0.5) is 5.13 Å². The molecule has 0 spiro atoms. The summed E-state index contributed by atoms with van der Waals surface area (Å²) in [5.41, 5.74) is 0.688. The summed E-state index contributed by atoms with van der Waals surface area (Å²) in [6.07, 6.45) is 3.82. The minimum atomic E-state index is -0.198. The van der Waals surface area contributed by atoms with Gasteiger partial charge in [0, 0.05) is 31.3 Å². The van der Waals surface area contributed by atoms with Gasteiger partial charge in [-0.05, 0) is 25.0 Å². The molecule has 0 saturated heterocycles. The fraction of sp³-hybridized carbons (Fsp3) is 0.471. The number of thiazole rings is 1. The molecule has 7 heteroatoms. The van der Waals surface area contributed by atoms with Gasteiger partial charge in [0.1, 0.15) is 5.69 Å². The Bertz CT molecular complexity index is 646. The van der Waals surface area contributed by atoms with E-state index in [1.54, 1.807) is 12.3 Å². The lowest BCUT2D eigenvalue weighted by Crippen LogP contribution is -2.33. The van der Waals surface area contributed by atoms with Crippen LogP contribution in [0.3, 0.4) is 0 Å². The first-order valence-corrected chi connectivity index (χ1v) is 9.09. The van der Waals surface area contributed by atoms with Crippen LogP contribution in [0.25, 0.3) is 11.5 Å². The number of anilines is 1. The van der Waals surface area contributed by atoms with Gasteiger partial charge in [0.15, 0.2) is 10.9 Å². The molecule has 0 aliphatic rings. The van der Waals surface area contributed by atoms with Gasteiger partial charge in [-0.1, -0.05) is 13.8 Å². The maximum atomic E-state index is 12.2. The number of amides is 2. The lowest BCUT2D eigenvalue weighted by Gasteiger charge is -2.21. The van der Waals surface area contributed by atoms with Crippen LogP contribution in [0.1, 0.15) is 39.5 Å². The first-order valence-electron chi connectivity index (χ1n) is 8.21. The Labute approximate surface area is 145 Å². The zero-order valence-electron chi connectivity index (χ0n) is 14.1. The van der Waals surface area contributed by atoms with Crippen LogP contribution in [0.2, 0.25) is 0 Å². The van der Waals surface area contributed by atoms with E-state index in [0.29, 0.717) is 16.6 Å². The highest BCUT2D eigenvalue weighted by Crippen LogP contribution is 2.25. The van der Waals surface area contributed by atoms with Crippen molar-refractivity contribution >= 4 is 28.3 Å². The summed E-state index contributed by atoms with van der Waals surface area (Å²) in [5, 5.41) is 5.07. The van der Waals surface area contributed by atoms with E-state index in [9.17, 15) is 9.59 Å². The van der Waals surface area contributed by atoms with Crippen molar-refractivity contribution in [3.8, 4) is 11.5 Å². The summed E-state index contributed by atoms with van der Waals surface area (Å²) in [6, 6.07) is 3.60. The zero-order chi connectivity index (χ0) is 17.4. The van der Waals surface area contributed by atoms with Crippen LogP contribution < -0.4 is 5.32 Å². The second kappa shape index (κ2) is 9.22. The van der Waals surface area contributed by atoms with E-state index < -0.39 is 0 Å². The standard InChI is InChI=1S/C17H23N3O3S/c1-3-9-20(10-4-2)16(22)8-7-15(21)19-17-18-13(12-24-17)14-6-5-11-23-14/h5-6,11-12H,3-4,7-10H2,1-2H3,(H,18,19,21). The molecular formula is C17H23N3O3S. The number of nitrogens with one attached hydrogen (secondary N) is 1. The van der Waals surface area contributed by atoms with Crippen molar-refractivity contribution in [3.05, 3.63) is 23.8 Å². The van der Waals surface area contributed by atoms with Crippen LogP contribution in [-0.2, 0) is 9.59 Å². The largest absolute Gasteiger partial charge is 0.463 e. The Balaban J connectivity index is 1.81. The van der Waals surface area contributed by atoms with Gasteiger partial charge in [0.2, 0.25) is 11.8 Å². The molecule has 24 heavy (non-hydrogen) atoms. The minimum Gasteiger partial charge on any atom is -0.463 e. The van der Waals surface area contributed by atoms with Gasteiger partial charge in [-0.15, -0.1) is 11.3 Å². The molecule has 0 unspecified atom stereocenters. The summed E-state index contributed by atoms with van der Waals surface area (Å²) in [7, 11) is 0. The Kier molecular flexibility index (Phi) is 6.99. The van der Waals surface area contributed by atoms with E-state index in [0.717, 1.165) is 25.9 Å². The van der Waals surface area contributed by atoms with Gasteiger partial charge in [-0.2, -0.15) is 0 Å². The van der Waals surface area contributed by atoms with Gasteiger partial charge in [0.05, 0.1) is 6.26 Å². The normalized spacial score (nSPS) is 10.6. The monoisotopic (exact) mass is 349 g/mol. The predicted octanol–water partition coefficient (Wildman–Crippen LogP) is 3.77. The summed E-state index contributed by atoms with van der Waals surface area (Å²) in [6.45, 7) is 5.57. The fourth-order valence-corrected chi connectivity index (χ4v) is 3.05. The molecule has 0 fully saturated rings. The van der Waals surface area contributed by atoms with Crippen molar-refractivity contribution in [2.24, 2.45) is 0 Å². The van der Waals surface area contributed by atoms with Gasteiger partial charge in [-0.25, -0.2) is 4.98 Å². The third-order valence-electron chi connectivity index (χ3n) is 3.43. The first kappa shape index (κ1) is 18.2. The van der Waals surface area contributed by atoms with E-state index >= 15 is 0 Å². The van der Waals surface area contributed by atoms with Crippen LogP contribution in [0.5, 0.6) is 0 Å². The lowest BCUT2D eigenvalue weighted by atomic mass is 10.2. The lowest BCUT2D eigenvalue weighted by molar-refractivity contribution is -0.132. The second-order valence-corrected chi connectivity index (χ2v) is 6.30. The number of hydrogen-bond donors (Lipinski definition) is 1. The van der Waals surface area contributed by atoms with Crippen LogP contribution >= 0.6 is 11.3 Å². The van der Waals surface area contributed by atoms with Gasteiger partial charge >= 0.3 is 0 Å². The molecular weight excluding hydrogens is 326 g/mol. The molecule has 2 amide bonds. The highest BCUT2D eigenvalue weighted by atomic mass is 32.1. The molecule has 0 atom stereocenters. The average molecular weight is 349 g/mol. The van der Waals surface area contributed by atoms with Crippen molar-refractivity contribution in [1.82, 2.24) is 9.88 Å². The highest BCUT2D eigenvalue weighted by Gasteiger charge is 2.15. The molecule has 0 bridgehead atoms. The zero-order valence-corrected chi connectivity index (χ0v) is 14.9. The van der Waals surface area contributed by atoms with E-state index in [1.807, 2.05) is 30.2 Å². The first-order chi connectivity index (χ1) is 11.6. The van der Waals surface area contributed by atoms with E-state index in [-0.39, 0.29) is 24.7 Å². The van der Waals surface area contributed by atoms with Crippen molar-refractivity contribution in [2.45, 2.75) is 39.5 Å². The quantitative estimate of drug-likeness (QED) is 0.748. The van der Waals surface area contributed by atoms with Gasteiger partial charge in [-0.3, -0.25) is 9.59 Å². The van der Waals surface area contributed by atoms with E-state index in [4.69, 9.17) is 4.42 Å². The molecule has 2 aromatic heterocycles. The molecule has 2 rings (SSSR count). The van der Waals surface area contributed by atoms with Gasteiger partial charge < -0.3 is 14.6 Å². The number of carbonyl (C=O) groups is 2. The SMILES string of the molecule is CCCN(CCC)C(=O)CCC(=O)Nc1nc(-c2ccco2)cs1. The third kappa shape index (κ3) is 5.19. The molecule has 0 radical (unpaired) electrons. The molecule has 0 aliphatic carbocycles. The molecule has 130 valence electrons. The van der Waals surface area contributed by atoms with Crippen LogP contribution in [0, 0.1) is 0 Å². The topological polar surface area (TPSA) is 75.4 Å². The van der Waals surface area contributed by atoms with E-state index in [2.05, 4.69) is 10.3 Å². The number of aromatic nitrogens is 1. The molecule has 2 heterocycles. The Hall–Kier alpha value is -2.15. The number of carbonyl (C=O) groups excluding carboxylic acids is 2. The number of rotatable bonds is 9. The summed E-state index contributed by atoms with van der Waals surface area (Å²) in [4.78, 5) is 30.3. The van der Waals surface area contributed by atoms with Crippen molar-refractivity contribution in [3.63, 3.8) is 0 Å². The smallest absolute Gasteiger partial charge is 0.226 e. The maximum Gasteiger partial charge on any atom is 0.226 e. The summed E-state index contributed by atoms with van der Waals surface area (Å²) >= 11 is 1.33. The Morgan fingerprint density at radius 2 is 2.00 bits per heavy atom.